The molecule has 0 bridgehead atoms. The summed E-state index contributed by atoms with van der Waals surface area (Å²) < 4.78 is 10.8. The van der Waals surface area contributed by atoms with E-state index in [9.17, 15) is 0 Å². The van der Waals surface area contributed by atoms with E-state index in [0.717, 1.165) is 31.0 Å². The summed E-state index contributed by atoms with van der Waals surface area (Å²) in [5, 5.41) is 4.97. The third-order valence-corrected chi connectivity index (χ3v) is 4.27. The Morgan fingerprint density at radius 2 is 1.61 bits per heavy atom. The van der Waals surface area contributed by atoms with E-state index in [-0.39, 0.29) is 0 Å². The van der Waals surface area contributed by atoms with Crippen molar-refractivity contribution in [2.45, 2.75) is 13.0 Å². The third-order valence-electron chi connectivity index (χ3n) is 4.27. The maximum Gasteiger partial charge on any atom is 0.231 e. The number of ether oxygens (including phenoxy) is 2. The van der Waals surface area contributed by atoms with Crippen LogP contribution in [0.15, 0.2) is 60.7 Å². The first-order chi connectivity index (χ1) is 11.4. The summed E-state index contributed by atoms with van der Waals surface area (Å²) in [6.07, 6.45) is 1.03. The van der Waals surface area contributed by atoms with Gasteiger partial charge in [-0.05, 0) is 34.5 Å². The van der Waals surface area contributed by atoms with E-state index in [2.05, 4.69) is 59.9 Å². The Balaban J connectivity index is 1.32. The smallest absolute Gasteiger partial charge is 0.231 e. The van der Waals surface area contributed by atoms with E-state index >= 15 is 0 Å². The summed E-state index contributed by atoms with van der Waals surface area (Å²) in [6.45, 7) is 2.41. The normalized spacial score (nSPS) is 12.7. The minimum atomic E-state index is 0.340. The molecular formula is C20H20NO2+. The zero-order valence-electron chi connectivity index (χ0n) is 13.0. The molecule has 3 heteroatoms. The molecule has 0 radical (unpaired) electrons. The van der Waals surface area contributed by atoms with Crippen LogP contribution >= 0.6 is 0 Å². The van der Waals surface area contributed by atoms with Crippen LogP contribution in [0.25, 0.3) is 10.8 Å². The maximum absolute atomic E-state index is 5.42. The van der Waals surface area contributed by atoms with Crippen molar-refractivity contribution >= 4 is 10.8 Å². The highest BCUT2D eigenvalue weighted by molar-refractivity contribution is 5.82. The van der Waals surface area contributed by atoms with Crippen LogP contribution in [0.4, 0.5) is 0 Å². The molecule has 116 valence electrons. The van der Waals surface area contributed by atoms with Crippen molar-refractivity contribution in [3.63, 3.8) is 0 Å². The molecule has 0 fully saturated rings. The first kappa shape index (κ1) is 14.1. The van der Waals surface area contributed by atoms with Crippen molar-refractivity contribution in [2.75, 3.05) is 13.3 Å². The van der Waals surface area contributed by atoms with Gasteiger partial charge in [-0.15, -0.1) is 0 Å². The molecule has 3 aromatic carbocycles. The fourth-order valence-electron chi connectivity index (χ4n) is 3.00. The van der Waals surface area contributed by atoms with Crippen molar-refractivity contribution in [2.24, 2.45) is 0 Å². The van der Waals surface area contributed by atoms with Gasteiger partial charge in [-0.25, -0.2) is 0 Å². The van der Waals surface area contributed by atoms with Crippen molar-refractivity contribution in [3.05, 3.63) is 71.8 Å². The third kappa shape index (κ3) is 3.15. The van der Waals surface area contributed by atoms with Gasteiger partial charge in [-0.2, -0.15) is 0 Å². The SMILES string of the molecule is c1ccc2cc(C[NH2+]CCc3ccc4c(c3)OCO4)ccc2c1. The number of nitrogens with two attached hydrogens (primary N) is 1. The average Bonchev–Trinajstić information content (AvgIpc) is 3.06. The predicted molar refractivity (Wildman–Crippen MR) is 90.7 cm³/mol. The minimum Gasteiger partial charge on any atom is -0.454 e. The molecule has 0 saturated heterocycles. The highest BCUT2D eigenvalue weighted by Gasteiger charge is 2.13. The lowest BCUT2D eigenvalue weighted by atomic mass is 10.1. The van der Waals surface area contributed by atoms with E-state index in [1.54, 1.807) is 0 Å². The summed E-state index contributed by atoms with van der Waals surface area (Å²) in [5.41, 5.74) is 2.67. The fraction of sp³-hybridized carbons (Fsp3) is 0.200. The van der Waals surface area contributed by atoms with Crippen LogP contribution in [0.1, 0.15) is 11.1 Å². The molecule has 23 heavy (non-hydrogen) atoms. The van der Waals surface area contributed by atoms with Gasteiger partial charge in [0.15, 0.2) is 11.5 Å². The molecule has 1 aliphatic heterocycles. The van der Waals surface area contributed by atoms with Crippen LogP contribution in [0.2, 0.25) is 0 Å². The second-order valence-electron chi connectivity index (χ2n) is 5.90. The highest BCUT2D eigenvalue weighted by Crippen LogP contribution is 2.32. The van der Waals surface area contributed by atoms with Gasteiger partial charge >= 0.3 is 0 Å². The molecule has 0 aliphatic carbocycles. The van der Waals surface area contributed by atoms with E-state index in [1.165, 1.54) is 21.9 Å². The second-order valence-corrected chi connectivity index (χ2v) is 5.90. The molecule has 3 aromatic rings. The number of hydrogen-bond donors (Lipinski definition) is 1. The highest BCUT2D eigenvalue weighted by atomic mass is 16.7. The minimum absolute atomic E-state index is 0.340. The van der Waals surface area contributed by atoms with Crippen molar-refractivity contribution < 1.29 is 14.8 Å². The zero-order chi connectivity index (χ0) is 15.5. The van der Waals surface area contributed by atoms with Crippen LogP contribution in [-0.4, -0.2) is 13.3 Å². The molecule has 2 N–H and O–H groups in total. The molecule has 1 aliphatic rings. The second kappa shape index (κ2) is 6.31. The fourth-order valence-corrected chi connectivity index (χ4v) is 3.00. The Hall–Kier alpha value is -2.52. The van der Waals surface area contributed by atoms with E-state index in [0.29, 0.717) is 6.79 Å². The molecule has 4 rings (SSSR count). The Morgan fingerprint density at radius 3 is 2.57 bits per heavy atom. The first-order valence-corrected chi connectivity index (χ1v) is 8.06. The van der Waals surface area contributed by atoms with Gasteiger partial charge in [0.25, 0.3) is 0 Å². The van der Waals surface area contributed by atoms with Crippen LogP contribution in [-0.2, 0) is 13.0 Å². The average molecular weight is 306 g/mol. The van der Waals surface area contributed by atoms with Gasteiger partial charge in [-0.1, -0.05) is 42.5 Å². The van der Waals surface area contributed by atoms with Gasteiger partial charge in [0.2, 0.25) is 6.79 Å². The van der Waals surface area contributed by atoms with Gasteiger partial charge < -0.3 is 14.8 Å². The van der Waals surface area contributed by atoms with Crippen molar-refractivity contribution in [3.8, 4) is 11.5 Å². The number of fused-ring (bicyclic) bond motifs is 2. The number of benzene rings is 3. The molecule has 0 saturated carbocycles. The van der Waals surface area contributed by atoms with Gasteiger partial charge in [-0.3, -0.25) is 0 Å². The summed E-state index contributed by atoms with van der Waals surface area (Å²) >= 11 is 0. The van der Waals surface area contributed by atoms with Gasteiger partial charge in [0, 0.05) is 12.0 Å². The lowest BCUT2D eigenvalue weighted by molar-refractivity contribution is -0.670. The number of rotatable bonds is 5. The molecule has 0 atom stereocenters. The lowest BCUT2D eigenvalue weighted by Crippen LogP contribution is -2.83. The molecule has 3 nitrogen and oxygen atoms in total. The van der Waals surface area contributed by atoms with Crippen LogP contribution in [0, 0.1) is 0 Å². The molecule has 0 amide bonds. The van der Waals surface area contributed by atoms with E-state index in [4.69, 9.17) is 9.47 Å². The Kier molecular flexibility index (Phi) is 3.86. The first-order valence-electron chi connectivity index (χ1n) is 8.06. The predicted octanol–water partition coefficient (Wildman–Crippen LogP) is 2.87. The Bertz CT molecular complexity index is 829. The van der Waals surface area contributed by atoms with Crippen molar-refractivity contribution in [1.29, 1.82) is 0 Å². The molecule has 0 spiro atoms. The van der Waals surface area contributed by atoms with E-state index in [1.807, 2.05) is 6.07 Å². The summed E-state index contributed by atoms with van der Waals surface area (Å²) in [5.74, 6) is 1.73. The molecular weight excluding hydrogens is 286 g/mol. The largest absolute Gasteiger partial charge is 0.454 e. The quantitative estimate of drug-likeness (QED) is 0.736. The summed E-state index contributed by atoms with van der Waals surface area (Å²) in [4.78, 5) is 0. The van der Waals surface area contributed by atoms with Crippen LogP contribution in [0.3, 0.4) is 0 Å². The number of quaternary nitrogens is 1. The topological polar surface area (TPSA) is 35.1 Å². The van der Waals surface area contributed by atoms with E-state index < -0.39 is 0 Å². The summed E-state index contributed by atoms with van der Waals surface area (Å²) in [6, 6.07) is 21.4. The summed E-state index contributed by atoms with van der Waals surface area (Å²) in [7, 11) is 0. The Morgan fingerprint density at radius 1 is 0.783 bits per heavy atom. The van der Waals surface area contributed by atoms with Gasteiger partial charge in [0.1, 0.15) is 6.54 Å². The standard InChI is InChI=1S/C20H19NO2/c1-2-4-18-11-16(5-7-17(18)3-1)13-21-10-9-15-6-8-19-20(12-15)23-14-22-19/h1-8,11-12,21H,9-10,13-14H2/p+1. The molecule has 0 unspecified atom stereocenters. The molecule has 1 heterocycles. The van der Waals surface area contributed by atoms with Crippen LogP contribution < -0.4 is 14.8 Å². The Labute approximate surface area is 135 Å². The van der Waals surface area contributed by atoms with Crippen molar-refractivity contribution in [1.82, 2.24) is 0 Å². The monoisotopic (exact) mass is 306 g/mol. The van der Waals surface area contributed by atoms with Gasteiger partial charge in [0.05, 0.1) is 6.54 Å². The number of hydrogen-bond acceptors (Lipinski definition) is 2. The van der Waals surface area contributed by atoms with Crippen LogP contribution in [0.5, 0.6) is 11.5 Å². The zero-order valence-corrected chi connectivity index (χ0v) is 13.0. The molecule has 0 aromatic heterocycles. The maximum atomic E-state index is 5.42. The lowest BCUT2D eigenvalue weighted by Gasteiger charge is -2.05.